The summed E-state index contributed by atoms with van der Waals surface area (Å²) in [5, 5.41) is 5.56. The number of nitrogens with zero attached hydrogens (tertiary/aromatic N) is 2. The average molecular weight is 342 g/mol. The molecule has 0 fully saturated rings. The van der Waals surface area contributed by atoms with Crippen LogP contribution in [0.25, 0.3) is 21.8 Å². The van der Waals surface area contributed by atoms with Gasteiger partial charge in [0.1, 0.15) is 0 Å². The number of benzene rings is 2. The Morgan fingerprint density at radius 1 is 1.17 bits per heavy atom. The number of halogens is 1. The molecule has 4 nitrogen and oxygen atoms in total. The molecule has 0 saturated heterocycles. The molecule has 2 aromatic carbocycles. The van der Waals surface area contributed by atoms with E-state index in [4.69, 9.17) is 16.6 Å². The lowest BCUT2D eigenvalue weighted by atomic mass is 10.0. The summed E-state index contributed by atoms with van der Waals surface area (Å²) < 4.78 is 0. The van der Waals surface area contributed by atoms with E-state index in [1.807, 2.05) is 62.3 Å². The van der Waals surface area contributed by atoms with E-state index >= 15 is 0 Å². The van der Waals surface area contributed by atoms with E-state index in [1.165, 1.54) is 0 Å². The fourth-order valence-corrected chi connectivity index (χ4v) is 3.06. The largest absolute Gasteiger partial charge is 0.351 e. The highest BCUT2D eigenvalue weighted by Gasteiger charge is 2.12. The van der Waals surface area contributed by atoms with Crippen LogP contribution in [0.1, 0.15) is 15.9 Å². The molecule has 3 aromatic rings. The molecule has 24 heavy (non-hydrogen) atoms. The lowest BCUT2D eigenvalue weighted by Crippen LogP contribution is -2.31. The van der Waals surface area contributed by atoms with Crippen molar-refractivity contribution in [3.05, 3.63) is 52.5 Å². The molecular weight excluding hydrogens is 322 g/mol. The van der Waals surface area contributed by atoms with Gasteiger partial charge in [-0.15, -0.1) is 0 Å². The Bertz CT molecular complexity index is 921. The van der Waals surface area contributed by atoms with E-state index in [1.54, 1.807) is 0 Å². The summed E-state index contributed by atoms with van der Waals surface area (Å²) in [7, 11) is 3.96. The van der Waals surface area contributed by atoms with Crippen molar-refractivity contribution in [1.82, 2.24) is 15.2 Å². The third-order valence-electron chi connectivity index (χ3n) is 3.99. The first-order valence-corrected chi connectivity index (χ1v) is 8.26. The second-order valence-corrected chi connectivity index (χ2v) is 6.66. The molecule has 0 aliphatic carbocycles. The highest BCUT2D eigenvalue weighted by molar-refractivity contribution is 6.31. The Hall–Kier alpha value is -2.17. The highest BCUT2D eigenvalue weighted by atomic mass is 35.5. The number of aromatic nitrogens is 1. The number of para-hydroxylation sites is 1. The number of aryl methyl sites for hydroxylation is 1. The summed E-state index contributed by atoms with van der Waals surface area (Å²) >= 11 is 6.14. The molecule has 0 atom stereocenters. The molecule has 0 spiro atoms. The molecule has 0 aliphatic rings. The van der Waals surface area contributed by atoms with Crippen molar-refractivity contribution in [2.75, 3.05) is 27.2 Å². The van der Waals surface area contributed by atoms with E-state index in [2.05, 4.69) is 5.32 Å². The number of likely N-dealkylation sites (N-methyl/N-ethyl adjacent to an activating group) is 1. The maximum Gasteiger partial charge on any atom is 0.253 e. The van der Waals surface area contributed by atoms with Gasteiger partial charge in [0, 0.05) is 28.9 Å². The molecule has 124 valence electrons. The van der Waals surface area contributed by atoms with Gasteiger partial charge in [-0.2, -0.15) is 0 Å². The number of carbonyl (C=O) groups is 1. The second-order valence-electron chi connectivity index (χ2n) is 6.22. The predicted molar refractivity (Wildman–Crippen MR) is 99.9 cm³/mol. The van der Waals surface area contributed by atoms with Crippen LogP contribution in [-0.2, 0) is 0 Å². The van der Waals surface area contributed by atoms with Gasteiger partial charge in [0.15, 0.2) is 0 Å². The van der Waals surface area contributed by atoms with Crippen LogP contribution >= 0.6 is 11.6 Å². The smallest absolute Gasteiger partial charge is 0.253 e. The van der Waals surface area contributed by atoms with Crippen molar-refractivity contribution < 1.29 is 4.79 Å². The quantitative estimate of drug-likeness (QED) is 0.737. The van der Waals surface area contributed by atoms with E-state index < -0.39 is 0 Å². The maximum atomic E-state index is 12.5. The van der Waals surface area contributed by atoms with Gasteiger partial charge in [-0.05, 0) is 50.8 Å². The molecule has 0 unspecified atom stereocenters. The fourth-order valence-electron chi connectivity index (χ4n) is 2.78. The Morgan fingerprint density at radius 2 is 1.96 bits per heavy atom. The molecule has 5 heteroatoms. The van der Waals surface area contributed by atoms with Crippen LogP contribution < -0.4 is 5.32 Å². The van der Waals surface area contributed by atoms with E-state index in [0.29, 0.717) is 17.1 Å². The lowest BCUT2D eigenvalue weighted by Gasteiger charge is -2.12. The van der Waals surface area contributed by atoms with Gasteiger partial charge in [-0.3, -0.25) is 4.79 Å². The maximum absolute atomic E-state index is 12.5. The van der Waals surface area contributed by atoms with Crippen molar-refractivity contribution in [2.24, 2.45) is 0 Å². The van der Waals surface area contributed by atoms with Crippen molar-refractivity contribution in [3.8, 4) is 0 Å². The summed E-state index contributed by atoms with van der Waals surface area (Å²) in [6.07, 6.45) is 0. The van der Waals surface area contributed by atoms with Crippen LogP contribution in [-0.4, -0.2) is 43.0 Å². The molecule has 1 amide bonds. The normalized spacial score (nSPS) is 11.4. The lowest BCUT2D eigenvalue weighted by molar-refractivity contribution is 0.0952. The minimum absolute atomic E-state index is 0.0964. The molecule has 3 rings (SSSR count). The minimum Gasteiger partial charge on any atom is -0.351 e. The standard InChI is InChI=1S/C19H20ClN3O/c1-12-9-15(20)11-14-10-13-5-4-6-16(18(13)22-17(12)14)19(24)21-7-8-23(2)3/h4-6,9-11H,7-8H2,1-3H3,(H,21,24). The zero-order valence-corrected chi connectivity index (χ0v) is 14.8. The first kappa shape index (κ1) is 16.7. The van der Waals surface area contributed by atoms with Crippen molar-refractivity contribution in [2.45, 2.75) is 6.92 Å². The van der Waals surface area contributed by atoms with Gasteiger partial charge >= 0.3 is 0 Å². The summed E-state index contributed by atoms with van der Waals surface area (Å²) in [6.45, 7) is 3.38. The molecule has 0 aliphatic heterocycles. The molecule has 1 aromatic heterocycles. The number of fused-ring (bicyclic) bond motifs is 2. The molecular formula is C19H20ClN3O. The van der Waals surface area contributed by atoms with Crippen LogP contribution in [0.5, 0.6) is 0 Å². The number of amides is 1. The Balaban J connectivity index is 2.06. The van der Waals surface area contributed by atoms with Crippen LogP contribution in [0.4, 0.5) is 0 Å². The SMILES string of the molecule is Cc1cc(Cl)cc2cc3cccc(C(=O)NCCN(C)C)c3nc12. The summed E-state index contributed by atoms with van der Waals surface area (Å²) in [6, 6.07) is 11.5. The summed E-state index contributed by atoms with van der Waals surface area (Å²) in [5.74, 6) is -0.0964. The molecule has 0 radical (unpaired) electrons. The number of rotatable bonds is 4. The third kappa shape index (κ3) is 3.35. The zero-order valence-electron chi connectivity index (χ0n) is 14.1. The van der Waals surface area contributed by atoms with Gasteiger partial charge in [0.05, 0.1) is 16.6 Å². The molecule has 1 heterocycles. The monoisotopic (exact) mass is 341 g/mol. The first-order chi connectivity index (χ1) is 11.5. The van der Waals surface area contributed by atoms with Crippen LogP contribution in [0.15, 0.2) is 36.4 Å². The number of pyridine rings is 1. The van der Waals surface area contributed by atoms with Crippen LogP contribution in [0.3, 0.4) is 0 Å². The van der Waals surface area contributed by atoms with Crippen molar-refractivity contribution in [1.29, 1.82) is 0 Å². The highest BCUT2D eigenvalue weighted by Crippen LogP contribution is 2.27. The number of hydrogen-bond acceptors (Lipinski definition) is 3. The molecule has 1 N–H and O–H groups in total. The number of carbonyl (C=O) groups excluding carboxylic acids is 1. The summed E-state index contributed by atoms with van der Waals surface area (Å²) in [4.78, 5) is 19.3. The Kier molecular flexibility index (Phi) is 4.69. The fraction of sp³-hybridized carbons (Fsp3) is 0.263. The number of hydrogen-bond donors (Lipinski definition) is 1. The molecule has 0 saturated carbocycles. The Morgan fingerprint density at radius 3 is 2.71 bits per heavy atom. The topological polar surface area (TPSA) is 45.2 Å². The van der Waals surface area contributed by atoms with Gasteiger partial charge in [0.25, 0.3) is 5.91 Å². The zero-order chi connectivity index (χ0) is 17.3. The van der Waals surface area contributed by atoms with E-state index in [9.17, 15) is 4.79 Å². The van der Waals surface area contributed by atoms with E-state index in [-0.39, 0.29) is 5.91 Å². The van der Waals surface area contributed by atoms with Crippen LogP contribution in [0.2, 0.25) is 5.02 Å². The minimum atomic E-state index is -0.0964. The third-order valence-corrected chi connectivity index (χ3v) is 4.20. The van der Waals surface area contributed by atoms with Gasteiger partial charge < -0.3 is 10.2 Å². The number of nitrogens with one attached hydrogen (secondary N) is 1. The van der Waals surface area contributed by atoms with Gasteiger partial charge in [-0.25, -0.2) is 4.98 Å². The van der Waals surface area contributed by atoms with Gasteiger partial charge in [-0.1, -0.05) is 23.7 Å². The first-order valence-electron chi connectivity index (χ1n) is 7.88. The van der Waals surface area contributed by atoms with Crippen LogP contribution in [0, 0.1) is 6.92 Å². The van der Waals surface area contributed by atoms with E-state index in [0.717, 1.165) is 33.9 Å². The molecule has 0 bridgehead atoms. The van der Waals surface area contributed by atoms with Crippen molar-refractivity contribution >= 4 is 39.3 Å². The average Bonchev–Trinajstić information content (AvgIpc) is 2.52. The summed E-state index contributed by atoms with van der Waals surface area (Å²) in [5.41, 5.74) is 3.20. The predicted octanol–water partition coefficient (Wildman–Crippen LogP) is 3.64. The Labute approximate surface area is 146 Å². The van der Waals surface area contributed by atoms with Gasteiger partial charge in [0.2, 0.25) is 0 Å². The second kappa shape index (κ2) is 6.75. The van der Waals surface area contributed by atoms with Crippen molar-refractivity contribution in [3.63, 3.8) is 0 Å².